The van der Waals surface area contributed by atoms with Crippen LogP contribution in [0.25, 0.3) is 5.65 Å². The van der Waals surface area contributed by atoms with Crippen molar-refractivity contribution in [1.29, 1.82) is 0 Å². The van der Waals surface area contributed by atoms with Crippen LogP contribution in [0, 0.1) is 6.92 Å². The highest BCUT2D eigenvalue weighted by Gasteiger charge is 2.28. The van der Waals surface area contributed by atoms with Gasteiger partial charge in [-0.2, -0.15) is 4.98 Å². The lowest BCUT2D eigenvalue weighted by Crippen LogP contribution is -2.12. The molecule has 1 saturated carbocycles. The van der Waals surface area contributed by atoms with Crippen LogP contribution in [0.15, 0.2) is 52.0 Å². The number of anilines is 1. The third kappa shape index (κ3) is 3.86. The fraction of sp³-hybridized carbons (Fsp3) is 0.250. The minimum atomic E-state index is -0.158. The average molecular weight is 406 g/mol. The lowest BCUT2D eigenvalue weighted by molar-refractivity contribution is 0.102. The zero-order valence-electron chi connectivity index (χ0n) is 15.7. The van der Waals surface area contributed by atoms with Gasteiger partial charge >= 0.3 is 0 Å². The quantitative estimate of drug-likeness (QED) is 0.486. The molecule has 1 aromatic carbocycles. The highest BCUT2D eigenvalue weighted by molar-refractivity contribution is 7.98. The summed E-state index contributed by atoms with van der Waals surface area (Å²) in [6.07, 6.45) is 4.18. The molecule has 0 atom stereocenters. The highest BCUT2D eigenvalue weighted by Crippen LogP contribution is 2.39. The molecule has 1 amide bonds. The van der Waals surface area contributed by atoms with Crippen molar-refractivity contribution in [2.75, 3.05) is 5.32 Å². The van der Waals surface area contributed by atoms with Crippen LogP contribution in [0.5, 0.6) is 0 Å². The van der Waals surface area contributed by atoms with E-state index in [9.17, 15) is 4.79 Å². The number of thioether (sulfide) groups is 1. The van der Waals surface area contributed by atoms with Gasteiger partial charge in [-0.3, -0.25) is 9.20 Å². The van der Waals surface area contributed by atoms with Crippen molar-refractivity contribution in [3.63, 3.8) is 0 Å². The summed E-state index contributed by atoms with van der Waals surface area (Å²) >= 11 is 1.58. The lowest BCUT2D eigenvalue weighted by Gasteiger charge is -2.07. The number of aryl methyl sites for hydroxylation is 1. The SMILES string of the molecule is Cc1noc(CSc2ccc(C(=O)Nc3ccc4nnc(C5CC5)n4c3)cc2)n1. The molecule has 3 heterocycles. The molecule has 1 aliphatic rings. The molecule has 9 heteroatoms. The Hall–Kier alpha value is -3.20. The first kappa shape index (κ1) is 17.9. The van der Waals surface area contributed by atoms with Crippen molar-refractivity contribution < 1.29 is 9.32 Å². The van der Waals surface area contributed by atoms with Crippen LogP contribution in [0.3, 0.4) is 0 Å². The Bertz CT molecular complexity index is 1180. The summed E-state index contributed by atoms with van der Waals surface area (Å²) in [5.74, 6) is 3.10. The van der Waals surface area contributed by atoms with Gasteiger partial charge in [0.25, 0.3) is 5.91 Å². The summed E-state index contributed by atoms with van der Waals surface area (Å²) in [4.78, 5) is 17.8. The fourth-order valence-corrected chi connectivity index (χ4v) is 3.79. The van der Waals surface area contributed by atoms with Gasteiger partial charge in [0, 0.05) is 22.6 Å². The second kappa shape index (κ2) is 7.32. The summed E-state index contributed by atoms with van der Waals surface area (Å²) in [6.45, 7) is 1.79. The van der Waals surface area contributed by atoms with Crippen molar-refractivity contribution in [3.05, 3.63) is 65.7 Å². The first-order valence-electron chi connectivity index (χ1n) is 9.34. The minimum absolute atomic E-state index is 0.158. The lowest BCUT2D eigenvalue weighted by atomic mass is 10.2. The maximum atomic E-state index is 12.6. The van der Waals surface area contributed by atoms with E-state index in [1.165, 1.54) is 0 Å². The van der Waals surface area contributed by atoms with E-state index in [0.717, 1.165) is 34.9 Å². The molecule has 0 saturated heterocycles. The van der Waals surface area contributed by atoms with Crippen LogP contribution in [0.2, 0.25) is 0 Å². The second-order valence-electron chi connectivity index (χ2n) is 6.98. The summed E-state index contributed by atoms with van der Waals surface area (Å²) in [6, 6.07) is 11.2. The number of fused-ring (bicyclic) bond motifs is 1. The number of nitrogens with one attached hydrogen (secondary N) is 1. The van der Waals surface area contributed by atoms with Gasteiger partial charge in [0.1, 0.15) is 5.82 Å². The number of rotatable bonds is 6. The molecule has 1 fully saturated rings. The second-order valence-corrected chi connectivity index (χ2v) is 8.03. The van der Waals surface area contributed by atoms with Crippen LogP contribution in [-0.4, -0.2) is 30.6 Å². The predicted octanol–water partition coefficient (Wildman–Crippen LogP) is 3.84. The molecule has 146 valence electrons. The maximum absolute atomic E-state index is 12.6. The van der Waals surface area contributed by atoms with Gasteiger partial charge in [-0.25, -0.2) is 0 Å². The molecule has 29 heavy (non-hydrogen) atoms. The van der Waals surface area contributed by atoms with Gasteiger partial charge in [-0.15, -0.1) is 22.0 Å². The zero-order chi connectivity index (χ0) is 19.8. The number of nitrogens with zero attached hydrogens (tertiary/aromatic N) is 5. The molecule has 3 aromatic heterocycles. The molecule has 0 unspecified atom stereocenters. The molecular formula is C20H18N6O2S. The summed E-state index contributed by atoms with van der Waals surface area (Å²) in [7, 11) is 0. The van der Waals surface area contributed by atoms with E-state index < -0.39 is 0 Å². The number of benzene rings is 1. The van der Waals surface area contributed by atoms with E-state index in [0.29, 0.717) is 28.9 Å². The third-order valence-corrected chi connectivity index (χ3v) is 5.67. The van der Waals surface area contributed by atoms with Crippen molar-refractivity contribution in [1.82, 2.24) is 24.7 Å². The Morgan fingerprint density at radius 2 is 2.03 bits per heavy atom. The Kier molecular flexibility index (Phi) is 4.51. The van der Waals surface area contributed by atoms with Crippen LogP contribution >= 0.6 is 11.8 Å². The predicted molar refractivity (Wildman–Crippen MR) is 108 cm³/mol. The van der Waals surface area contributed by atoms with Gasteiger partial charge in [0.05, 0.1) is 11.4 Å². The Morgan fingerprint density at radius 1 is 1.21 bits per heavy atom. The smallest absolute Gasteiger partial charge is 0.255 e. The van der Waals surface area contributed by atoms with Gasteiger partial charge in [0.2, 0.25) is 5.89 Å². The molecule has 1 aliphatic carbocycles. The maximum Gasteiger partial charge on any atom is 0.255 e. The molecule has 0 aliphatic heterocycles. The molecule has 0 bridgehead atoms. The number of pyridine rings is 1. The van der Waals surface area contributed by atoms with E-state index in [1.54, 1.807) is 18.7 Å². The molecule has 1 N–H and O–H groups in total. The topological polar surface area (TPSA) is 98.2 Å². The number of carbonyl (C=O) groups is 1. The normalized spacial score (nSPS) is 13.7. The Labute approximate surface area is 170 Å². The van der Waals surface area contributed by atoms with E-state index in [1.807, 2.05) is 47.0 Å². The molecule has 0 radical (unpaired) electrons. The average Bonchev–Trinajstić information content (AvgIpc) is 3.35. The monoisotopic (exact) mass is 406 g/mol. The highest BCUT2D eigenvalue weighted by atomic mass is 32.2. The van der Waals surface area contributed by atoms with Gasteiger partial charge < -0.3 is 9.84 Å². The molecule has 0 spiro atoms. The van der Waals surface area contributed by atoms with Crippen molar-refractivity contribution in [2.45, 2.75) is 36.3 Å². The number of carbonyl (C=O) groups excluding carboxylic acids is 1. The number of hydrogen-bond donors (Lipinski definition) is 1. The Balaban J connectivity index is 1.25. The van der Waals surface area contributed by atoms with Crippen molar-refractivity contribution in [2.24, 2.45) is 0 Å². The summed E-state index contributed by atoms with van der Waals surface area (Å²) < 4.78 is 7.07. The number of hydrogen-bond acceptors (Lipinski definition) is 7. The van der Waals surface area contributed by atoms with E-state index in [4.69, 9.17) is 4.52 Å². The Morgan fingerprint density at radius 3 is 2.76 bits per heavy atom. The van der Waals surface area contributed by atoms with Crippen LogP contribution < -0.4 is 5.32 Å². The number of aromatic nitrogens is 5. The summed E-state index contributed by atoms with van der Waals surface area (Å²) in [5, 5.41) is 15.2. The van der Waals surface area contributed by atoms with Gasteiger partial charge in [-0.05, 0) is 56.2 Å². The van der Waals surface area contributed by atoms with E-state index >= 15 is 0 Å². The zero-order valence-corrected chi connectivity index (χ0v) is 16.5. The van der Waals surface area contributed by atoms with Crippen LogP contribution in [0.1, 0.15) is 46.7 Å². The summed E-state index contributed by atoms with van der Waals surface area (Å²) in [5.41, 5.74) is 2.10. The third-order valence-electron chi connectivity index (χ3n) is 4.68. The molecule has 8 nitrogen and oxygen atoms in total. The van der Waals surface area contributed by atoms with Crippen molar-refractivity contribution >= 4 is 29.0 Å². The fourth-order valence-electron chi connectivity index (χ4n) is 3.05. The van der Waals surface area contributed by atoms with Gasteiger partial charge in [0.15, 0.2) is 11.5 Å². The van der Waals surface area contributed by atoms with Crippen LogP contribution in [-0.2, 0) is 5.75 Å². The standard InChI is InChI=1S/C20H18N6O2S/c1-12-21-18(28-25-12)11-29-16-7-4-14(5-8-16)20(27)22-15-6-9-17-23-24-19(13-2-3-13)26(17)10-15/h4-10,13H,2-3,11H2,1H3,(H,22,27). The first-order chi connectivity index (χ1) is 14.2. The first-order valence-corrected chi connectivity index (χ1v) is 10.3. The minimum Gasteiger partial charge on any atom is -0.338 e. The number of amides is 1. The largest absolute Gasteiger partial charge is 0.338 e. The van der Waals surface area contributed by atoms with E-state index in [-0.39, 0.29) is 5.91 Å². The van der Waals surface area contributed by atoms with Gasteiger partial charge in [-0.1, -0.05) is 5.16 Å². The van der Waals surface area contributed by atoms with Crippen molar-refractivity contribution in [3.8, 4) is 0 Å². The molecule has 4 aromatic rings. The molecular weight excluding hydrogens is 388 g/mol. The molecule has 5 rings (SSSR count). The van der Waals surface area contributed by atoms with E-state index in [2.05, 4.69) is 25.7 Å². The van der Waals surface area contributed by atoms with Crippen LogP contribution in [0.4, 0.5) is 5.69 Å².